The van der Waals surface area contributed by atoms with Gasteiger partial charge in [-0.2, -0.15) is 0 Å². The van der Waals surface area contributed by atoms with Gasteiger partial charge in [0.05, 0.1) is 15.8 Å². The lowest BCUT2D eigenvalue weighted by molar-refractivity contribution is 0.271. The summed E-state index contributed by atoms with van der Waals surface area (Å²) in [5.41, 5.74) is 7.31. The Morgan fingerprint density at radius 3 is 2.53 bits per heavy atom. The molecule has 2 rings (SSSR count). The van der Waals surface area contributed by atoms with Crippen LogP contribution in [0.4, 0.5) is 15.8 Å². The van der Waals surface area contributed by atoms with Crippen molar-refractivity contribution in [1.29, 1.82) is 0 Å². The average Bonchev–Trinajstić information content (AvgIpc) is 2.34. The molecule has 0 aliphatic carbocycles. The third-order valence-corrected chi connectivity index (χ3v) is 3.84. The first kappa shape index (κ1) is 12.6. The maximum atomic E-state index is 13.3. The van der Waals surface area contributed by atoms with Gasteiger partial charge in [0, 0.05) is 32.2 Å². The standard InChI is InChI=1S/C12H17BrFN3/c1-2-16-3-5-17(6-4-16)12-7-9(13)10(14)8-11(12)15/h7-8H,2-6,15H2,1H3. The number of anilines is 2. The van der Waals surface area contributed by atoms with E-state index in [0.29, 0.717) is 10.2 Å². The number of hydrogen-bond donors (Lipinski definition) is 1. The summed E-state index contributed by atoms with van der Waals surface area (Å²) in [6.45, 7) is 7.19. The Morgan fingerprint density at radius 2 is 1.94 bits per heavy atom. The molecule has 1 heterocycles. The van der Waals surface area contributed by atoms with Crippen LogP contribution in [0.3, 0.4) is 0 Å². The molecule has 5 heteroatoms. The van der Waals surface area contributed by atoms with Crippen molar-refractivity contribution in [2.75, 3.05) is 43.4 Å². The van der Waals surface area contributed by atoms with Crippen molar-refractivity contribution < 1.29 is 4.39 Å². The van der Waals surface area contributed by atoms with E-state index in [-0.39, 0.29) is 5.82 Å². The quantitative estimate of drug-likeness (QED) is 0.851. The summed E-state index contributed by atoms with van der Waals surface area (Å²) in [5, 5.41) is 0. The molecule has 1 saturated heterocycles. The largest absolute Gasteiger partial charge is 0.397 e. The monoisotopic (exact) mass is 301 g/mol. The lowest BCUT2D eigenvalue weighted by atomic mass is 10.2. The predicted molar refractivity (Wildman–Crippen MR) is 72.8 cm³/mol. The molecule has 1 aliphatic rings. The highest BCUT2D eigenvalue weighted by Crippen LogP contribution is 2.30. The topological polar surface area (TPSA) is 32.5 Å². The van der Waals surface area contributed by atoms with Crippen LogP contribution < -0.4 is 10.6 Å². The Morgan fingerprint density at radius 1 is 1.29 bits per heavy atom. The van der Waals surface area contributed by atoms with Gasteiger partial charge in [0.1, 0.15) is 5.82 Å². The van der Waals surface area contributed by atoms with Gasteiger partial charge in [0.25, 0.3) is 0 Å². The van der Waals surface area contributed by atoms with E-state index in [1.165, 1.54) is 6.07 Å². The molecule has 1 aliphatic heterocycles. The third-order valence-electron chi connectivity index (χ3n) is 3.23. The molecule has 3 nitrogen and oxygen atoms in total. The highest BCUT2D eigenvalue weighted by atomic mass is 79.9. The number of likely N-dealkylation sites (N-methyl/N-ethyl adjacent to an activating group) is 1. The predicted octanol–water partition coefficient (Wildman–Crippen LogP) is 2.31. The van der Waals surface area contributed by atoms with Crippen LogP contribution in [-0.4, -0.2) is 37.6 Å². The molecular formula is C12H17BrFN3. The van der Waals surface area contributed by atoms with Gasteiger partial charge in [0.2, 0.25) is 0 Å². The highest BCUT2D eigenvalue weighted by molar-refractivity contribution is 9.10. The molecule has 2 N–H and O–H groups in total. The zero-order valence-corrected chi connectivity index (χ0v) is 11.5. The summed E-state index contributed by atoms with van der Waals surface area (Å²) in [6.07, 6.45) is 0. The summed E-state index contributed by atoms with van der Waals surface area (Å²) in [7, 11) is 0. The highest BCUT2D eigenvalue weighted by Gasteiger charge is 2.18. The fourth-order valence-electron chi connectivity index (χ4n) is 2.13. The van der Waals surface area contributed by atoms with Crippen molar-refractivity contribution in [2.24, 2.45) is 0 Å². The van der Waals surface area contributed by atoms with Gasteiger partial charge in [0.15, 0.2) is 0 Å². The first-order valence-electron chi connectivity index (χ1n) is 5.83. The van der Waals surface area contributed by atoms with E-state index in [1.807, 2.05) is 0 Å². The summed E-state index contributed by atoms with van der Waals surface area (Å²) in [5.74, 6) is -0.307. The Bertz CT molecular complexity index is 403. The van der Waals surface area contributed by atoms with E-state index in [9.17, 15) is 4.39 Å². The van der Waals surface area contributed by atoms with E-state index in [1.54, 1.807) is 6.07 Å². The van der Waals surface area contributed by atoms with Crippen LogP contribution in [0.5, 0.6) is 0 Å². The van der Waals surface area contributed by atoms with Crippen LogP contribution in [0.25, 0.3) is 0 Å². The van der Waals surface area contributed by atoms with E-state index in [2.05, 4.69) is 32.7 Å². The number of benzene rings is 1. The minimum atomic E-state index is -0.307. The number of nitrogens with two attached hydrogens (primary N) is 1. The van der Waals surface area contributed by atoms with Crippen molar-refractivity contribution in [3.63, 3.8) is 0 Å². The second kappa shape index (κ2) is 5.23. The molecule has 0 bridgehead atoms. The number of rotatable bonds is 2. The zero-order valence-electron chi connectivity index (χ0n) is 9.92. The van der Waals surface area contributed by atoms with Crippen LogP contribution in [0.2, 0.25) is 0 Å². The van der Waals surface area contributed by atoms with Gasteiger partial charge in [-0.15, -0.1) is 0 Å². The van der Waals surface area contributed by atoms with Gasteiger partial charge in [-0.1, -0.05) is 6.92 Å². The molecular weight excluding hydrogens is 285 g/mol. The smallest absolute Gasteiger partial charge is 0.139 e. The maximum Gasteiger partial charge on any atom is 0.139 e. The lowest BCUT2D eigenvalue weighted by Gasteiger charge is -2.36. The zero-order chi connectivity index (χ0) is 12.4. The van der Waals surface area contributed by atoms with Crippen LogP contribution in [0.15, 0.2) is 16.6 Å². The van der Waals surface area contributed by atoms with E-state index in [0.717, 1.165) is 38.4 Å². The van der Waals surface area contributed by atoms with E-state index < -0.39 is 0 Å². The van der Waals surface area contributed by atoms with Crippen molar-refractivity contribution in [3.05, 3.63) is 22.4 Å². The van der Waals surface area contributed by atoms with Gasteiger partial charge >= 0.3 is 0 Å². The summed E-state index contributed by atoms with van der Waals surface area (Å²) >= 11 is 3.20. The summed E-state index contributed by atoms with van der Waals surface area (Å²) in [4.78, 5) is 4.61. The molecule has 0 amide bonds. The molecule has 1 aromatic carbocycles. The molecule has 94 valence electrons. The number of nitrogen functional groups attached to an aromatic ring is 1. The summed E-state index contributed by atoms with van der Waals surface area (Å²) in [6, 6.07) is 3.15. The molecule has 0 spiro atoms. The first-order chi connectivity index (χ1) is 8.11. The van der Waals surface area contributed by atoms with Gasteiger partial charge in [-0.05, 0) is 28.5 Å². The number of halogens is 2. The van der Waals surface area contributed by atoms with Crippen molar-refractivity contribution >= 4 is 27.3 Å². The summed E-state index contributed by atoms with van der Waals surface area (Å²) < 4.78 is 13.8. The van der Waals surface area contributed by atoms with Gasteiger partial charge in [-0.25, -0.2) is 4.39 Å². The number of piperazine rings is 1. The molecule has 1 aromatic rings. The van der Waals surface area contributed by atoms with Gasteiger partial charge < -0.3 is 15.5 Å². The Kier molecular flexibility index (Phi) is 3.89. The second-order valence-corrected chi connectivity index (χ2v) is 5.10. The lowest BCUT2D eigenvalue weighted by Crippen LogP contribution is -2.46. The average molecular weight is 302 g/mol. The van der Waals surface area contributed by atoms with Crippen molar-refractivity contribution in [3.8, 4) is 0 Å². The van der Waals surface area contributed by atoms with Crippen LogP contribution in [0.1, 0.15) is 6.92 Å². The maximum absolute atomic E-state index is 13.3. The molecule has 0 atom stereocenters. The molecule has 0 aromatic heterocycles. The number of hydrogen-bond acceptors (Lipinski definition) is 3. The second-order valence-electron chi connectivity index (χ2n) is 4.25. The van der Waals surface area contributed by atoms with E-state index >= 15 is 0 Å². The van der Waals surface area contributed by atoms with E-state index in [4.69, 9.17) is 5.73 Å². The van der Waals surface area contributed by atoms with Gasteiger partial charge in [-0.3, -0.25) is 0 Å². The minimum absolute atomic E-state index is 0.307. The molecule has 1 fully saturated rings. The molecule has 0 saturated carbocycles. The first-order valence-corrected chi connectivity index (χ1v) is 6.63. The Balaban J connectivity index is 2.16. The normalized spacial score (nSPS) is 17.5. The van der Waals surface area contributed by atoms with Crippen LogP contribution in [0, 0.1) is 5.82 Å². The molecule has 0 radical (unpaired) electrons. The van der Waals surface area contributed by atoms with Crippen LogP contribution >= 0.6 is 15.9 Å². The van der Waals surface area contributed by atoms with Crippen molar-refractivity contribution in [2.45, 2.75) is 6.92 Å². The molecule has 0 unspecified atom stereocenters. The van der Waals surface area contributed by atoms with Crippen molar-refractivity contribution in [1.82, 2.24) is 4.90 Å². The third kappa shape index (κ3) is 2.72. The number of nitrogens with zero attached hydrogens (tertiary/aromatic N) is 2. The van der Waals surface area contributed by atoms with Crippen LogP contribution in [-0.2, 0) is 0 Å². The SMILES string of the molecule is CCN1CCN(c2cc(Br)c(F)cc2N)CC1. The Labute approximate surface area is 110 Å². The Hall–Kier alpha value is -0.810. The fraction of sp³-hybridized carbons (Fsp3) is 0.500. The fourth-order valence-corrected chi connectivity index (χ4v) is 2.46. The molecule has 17 heavy (non-hydrogen) atoms. The minimum Gasteiger partial charge on any atom is -0.397 e.